The van der Waals surface area contributed by atoms with Crippen LogP contribution in [0, 0.1) is 6.92 Å². The monoisotopic (exact) mass is 102 g/mol. The highest BCUT2D eigenvalue weighted by molar-refractivity contribution is 4.32. The van der Waals surface area contributed by atoms with Crippen molar-refractivity contribution in [3.8, 4) is 0 Å². The Hall–Kier alpha value is -0.0800. The van der Waals surface area contributed by atoms with Crippen molar-refractivity contribution < 1.29 is 4.84 Å². The van der Waals surface area contributed by atoms with Crippen LogP contribution in [0.3, 0.4) is 0 Å². The molecule has 2 heteroatoms. The van der Waals surface area contributed by atoms with Crippen LogP contribution in [0.15, 0.2) is 0 Å². The predicted molar refractivity (Wildman–Crippen MR) is 29.6 cm³/mol. The molecule has 7 heavy (non-hydrogen) atoms. The maximum atomic E-state index is 4.82. The molecule has 0 amide bonds. The topological polar surface area (TPSA) is 21.3 Å². The molecule has 0 heterocycles. The summed E-state index contributed by atoms with van der Waals surface area (Å²) in [5, 5.41) is 0. The number of nitrogens with one attached hydrogen (secondary N) is 1. The van der Waals surface area contributed by atoms with Gasteiger partial charge >= 0.3 is 0 Å². The van der Waals surface area contributed by atoms with Gasteiger partial charge in [-0.2, -0.15) is 0 Å². The SMILES string of the molecule is [CH2]CCONCC. The molecule has 0 aromatic heterocycles. The van der Waals surface area contributed by atoms with Gasteiger partial charge < -0.3 is 4.84 Å². The first-order chi connectivity index (χ1) is 3.41. The van der Waals surface area contributed by atoms with Gasteiger partial charge in [0.15, 0.2) is 0 Å². The Morgan fingerprint density at radius 2 is 2.43 bits per heavy atom. The van der Waals surface area contributed by atoms with Gasteiger partial charge in [-0.3, -0.25) is 0 Å². The first-order valence-electron chi connectivity index (χ1n) is 2.55. The van der Waals surface area contributed by atoms with Crippen molar-refractivity contribution in [2.24, 2.45) is 0 Å². The molecule has 0 aromatic rings. The van der Waals surface area contributed by atoms with Crippen molar-refractivity contribution in [1.29, 1.82) is 0 Å². The lowest BCUT2D eigenvalue weighted by atomic mass is 10.5. The van der Waals surface area contributed by atoms with E-state index in [1.165, 1.54) is 0 Å². The minimum Gasteiger partial charge on any atom is -0.302 e. The second-order valence-corrected chi connectivity index (χ2v) is 1.20. The van der Waals surface area contributed by atoms with Crippen LogP contribution >= 0.6 is 0 Å². The lowest BCUT2D eigenvalue weighted by molar-refractivity contribution is 0.0477. The summed E-state index contributed by atoms with van der Waals surface area (Å²) in [7, 11) is 0. The van der Waals surface area contributed by atoms with Crippen molar-refractivity contribution in [1.82, 2.24) is 5.48 Å². The summed E-state index contributed by atoms with van der Waals surface area (Å²) in [5.74, 6) is 0. The average molecular weight is 102 g/mol. The summed E-state index contributed by atoms with van der Waals surface area (Å²) >= 11 is 0. The molecule has 0 atom stereocenters. The number of hydroxylamine groups is 1. The molecule has 0 fully saturated rings. The Morgan fingerprint density at radius 1 is 1.71 bits per heavy atom. The summed E-state index contributed by atoms with van der Waals surface area (Å²) in [6, 6.07) is 0. The van der Waals surface area contributed by atoms with Gasteiger partial charge in [0.25, 0.3) is 0 Å². The molecule has 0 aliphatic heterocycles. The van der Waals surface area contributed by atoms with Crippen LogP contribution in [-0.4, -0.2) is 13.2 Å². The molecule has 1 radical (unpaired) electrons. The fourth-order valence-corrected chi connectivity index (χ4v) is 0.246. The summed E-state index contributed by atoms with van der Waals surface area (Å²) < 4.78 is 0. The second-order valence-electron chi connectivity index (χ2n) is 1.20. The van der Waals surface area contributed by atoms with Gasteiger partial charge in [-0.1, -0.05) is 13.8 Å². The van der Waals surface area contributed by atoms with Gasteiger partial charge in [0.05, 0.1) is 6.61 Å². The van der Waals surface area contributed by atoms with Crippen LogP contribution in [0.1, 0.15) is 13.3 Å². The predicted octanol–water partition coefficient (Wildman–Crippen LogP) is 0.752. The molecule has 0 spiro atoms. The van der Waals surface area contributed by atoms with Crippen molar-refractivity contribution in [2.45, 2.75) is 13.3 Å². The van der Waals surface area contributed by atoms with E-state index in [0.29, 0.717) is 6.61 Å². The molecule has 0 rings (SSSR count). The summed E-state index contributed by atoms with van der Waals surface area (Å²) in [6.07, 6.45) is 0.826. The van der Waals surface area contributed by atoms with E-state index in [1.807, 2.05) is 6.92 Å². The molecule has 2 nitrogen and oxygen atoms in total. The summed E-state index contributed by atoms with van der Waals surface area (Å²) in [6.45, 7) is 7.14. The number of rotatable bonds is 4. The zero-order valence-electron chi connectivity index (χ0n) is 4.74. The van der Waals surface area contributed by atoms with Crippen LogP contribution < -0.4 is 5.48 Å². The average Bonchev–Trinajstić information content (AvgIpc) is 1.69. The minimum absolute atomic E-state index is 0.702. The maximum absolute atomic E-state index is 4.82. The maximum Gasteiger partial charge on any atom is 0.0682 e. The van der Waals surface area contributed by atoms with E-state index in [4.69, 9.17) is 4.84 Å². The number of hydrogen-bond donors (Lipinski definition) is 1. The Kier molecular flexibility index (Phi) is 5.85. The molecule has 43 valence electrons. The van der Waals surface area contributed by atoms with Crippen molar-refractivity contribution >= 4 is 0 Å². The van der Waals surface area contributed by atoms with Gasteiger partial charge in [-0.25, -0.2) is 5.48 Å². The zero-order valence-corrected chi connectivity index (χ0v) is 4.74. The van der Waals surface area contributed by atoms with E-state index in [-0.39, 0.29) is 0 Å². The van der Waals surface area contributed by atoms with Crippen molar-refractivity contribution in [2.75, 3.05) is 13.2 Å². The molecule has 0 bridgehead atoms. The fourth-order valence-electron chi connectivity index (χ4n) is 0.246. The van der Waals surface area contributed by atoms with E-state index in [9.17, 15) is 0 Å². The third kappa shape index (κ3) is 5.92. The quantitative estimate of drug-likeness (QED) is 0.418. The Balaban J connectivity index is 2.45. The van der Waals surface area contributed by atoms with E-state index in [0.717, 1.165) is 13.0 Å². The standard InChI is InChI=1S/C5H12NO/c1-3-5-7-6-4-2/h6H,1,3-5H2,2H3. The minimum atomic E-state index is 0.702. The van der Waals surface area contributed by atoms with E-state index < -0.39 is 0 Å². The van der Waals surface area contributed by atoms with Crippen LogP contribution in [0.25, 0.3) is 0 Å². The van der Waals surface area contributed by atoms with E-state index >= 15 is 0 Å². The van der Waals surface area contributed by atoms with Crippen molar-refractivity contribution in [3.63, 3.8) is 0 Å². The van der Waals surface area contributed by atoms with E-state index in [2.05, 4.69) is 12.4 Å². The Morgan fingerprint density at radius 3 is 2.86 bits per heavy atom. The smallest absolute Gasteiger partial charge is 0.0682 e. The third-order valence-corrected chi connectivity index (χ3v) is 0.493. The van der Waals surface area contributed by atoms with Gasteiger partial charge in [-0.05, 0) is 6.42 Å². The van der Waals surface area contributed by atoms with Gasteiger partial charge in [0.2, 0.25) is 0 Å². The molecule has 0 aromatic carbocycles. The highest BCUT2D eigenvalue weighted by Crippen LogP contribution is 1.71. The Labute approximate surface area is 44.8 Å². The first-order valence-corrected chi connectivity index (χ1v) is 2.55. The first kappa shape index (κ1) is 6.92. The van der Waals surface area contributed by atoms with Crippen LogP contribution in [-0.2, 0) is 4.84 Å². The molecule has 0 unspecified atom stereocenters. The second kappa shape index (κ2) is 5.92. The lowest BCUT2D eigenvalue weighted by Crippen LogP contribution is -2.13. The van der Waals surface area contributed by atoms with E-state index in [1.54, 1.807) is 0 Å². The highest BCUT2D eigenvalue weighted by atomic mass is 16.6. The molecular weight excluding hydrogens is 90.1 g/mol. The van der Waals surface area contributed by atoms with Crippen LogP contribution in [0.5, 0.6) is 0 Å². The normalized spacial score (nSPS) is 9.43. The zero-order chi connectivity index (χ0) is 5.54. The molecule has 1 N–H and O–H groups in total. The number of hydrogen-bond acceptors (Lipinski definition) is 2. The lowest BCUT2D eigenvalue weighted by Gasteiger charge is -1.97. The van der Waals surface area contributed by atoms with Gasteiger partial charge in [-0.15, -0.1) is 0 Å². The summed E-state index contributed by atoms with van der Waals surface area (Å²) in [4.78, 5) is 4.82. The molecular formula is C5H12NO. The molecule has 0 aliphatic carbocycles. The van der Waals surface area contributed by atoms with Crippen molar-refractivity contribution in [3.05, 3.63) is 6.92 Å². The summed E-state index contributed by atoms with van der Waals surface area (Å²) in [5.41, 5.74) is 2.71. The van der Waals surface area contributed by atoms with Gasteiger partial charge in [0, 0.05) is 6.54 Å². The third-order valence-electron chi connectivity index (χ3n) is 0.493. The highest BCUT2D eigenvalue weighted by Gasteiger charge is 1.76. The molecule has 0 aliphatic rings. The van der Waals surface area contributed by atoms with Gasteiger partial charge in [0.1, 0.15) is 0 Å². The van der Waals surface area contributed by atoms with Crippen LogP contribution in [0.4, 0.5) is 0 Å². The largest absolute Gasteiger partial charge is 0.302 e. The molecule has 0 saturated carbocycles. The molecule has 0 saturated heterocycles. The Bertz CT molecular complexity index is 27.3. The fraction of sp³-hybridized carbons (Fsp3) is 0.800. The van der Waals surface area contributed by atoms with Crippen LogP contribution in [0.2, 0.25) is 0 Å².